The lowest BCUT2D eigenvalue weighted by atomic mass is 10.0. The number of hydrogen-bond donors (Lipinski definition) is 2. The van der Waals surface area contributed by atoms with E-state index in [1.807, 2.05) is 0 Å². The summed E-state index contributed by atoms with van der Waals surface area (Å²) in [5, 5.41) is 11.7. The molecular weight excluding hydrogens is 367 g/mol. The number of aliphatic carboxylic acids is 1. The largest absolute Gasteiger partial charge is 0.482 e. The van der Waals surface area contributed by atoms with Crippen LogP contribution in [-0.2, 0) is 14.4 Å². The maximum atomic E-state index is 13.1. The Bertz CT molecular complexity index is 884. The Hall–Kier alpha value is -3.42. The highest BCUT2D eigenvalue weighted by atomic mass is 19.1. The summed E-state index contributed by atoms with van der Waals surface area (Å²) in [6.07, 6.45) is -0.353. The minimum Gasteiger partial charge on any atom is -0.482 e. The predicted octanol–water partition coefficient (Wildman–Crippen LogP) is 2.27. The SMILES string of the molecule is O=C(O)CC(NC(=O)CCN1C(=O)COc2ccccc21)c1ccc(F)cc1. The maximum Gasteiger partial charge on any atom is 0.305 e. The van der Waals surface area contributed by atoms with E-state index in [9.17, 15) is 18.8 Å². The third-order valence-electron chi connectivity index (χ3n) is 4.36. The molecule has 7 nitrogen and oxygen atoms in total. The average molecular weight is 386 g/mol. The molecule has 1 unspecified atom stereocenters. The summed E-state index contributed by atoms with van der Waals surface area (Å²) < 4.78 is 18.5. The van der Waals surface area contributed by atoms with Crippen molar-refractivity contribution in [3.8, 4) is 5.75 Å². The van der Waals surface area contributed by atoms with Crippen LogP contribution >= 0.6 is 0 Å². The first-order valence-corrected chi connectivity index (χ1v) is 8.73. The highest BCUT2D eigenvalue weighted by Crippen LogP contribution is 2.31. The number of halogens is 1. The number of carboxylic acids is 1. The first kappa shape index (κ1) is 19.3. The summed E-state index contributed by atoms with van der Waals surface area (Å²) in [6.45, 7) is 0.0318. The number of fused-ring (bicyclic) bond motifs is 1. The van der Waals surface area contributed by atoms with Gasteiger partial charge in [0.15, 0.2) is 6.61 Å². The Morgan fingerprint density at radius 1 is 1.18 bits per heavy atom. The van der Waals surface area contributed by atoms with Crippen LogP contribution in [0.25, 0.3) is 0 Å². The summed E-state index contributed by atoms with van der Waals surface area (Å²) in [7, 11) is 0. The molecule has 0 fully saturated rings. The van der Waals surface area contributed by atoms with Crippen molar-refractivity contribution >= 4 is 23.5 Å². The Labute approximate surface area is 160 Å². The summed E-state index contributed by atoms with van der Waals surface area (Å²) >= 11 is 0. The van der Waals surface area contributed by atoms with Crippen LogP contribution < -0.4 is 15.0 Å². The minimum atomic E-state index is -1.09. The normalized spacial score (nSPS) is 14.0. The fraction of sp³-hybridized carbons (Fsp3) is 0.250. The van der Waals surface area contributed by atoms with Gasteiger partial charge in [0.05, 0.1) is 18.2 Å². The molecule has 0 aliphatic carbocycles. The van der Waals surface area contributed by atoms with E-state index in [0.29, 0.717) is 17.0 Å². The van der Waals surface area contributed by atoms with Gasteiger partial charge in [-0.1, -0.05) is 24.3 Å². The van der Waals surface area contributed by atoms with Crippen molar-refractivity contribution in [3.63, 3.8) is 0 Å². The lowest BCUT2D eigenvalue weighted by Gasteiger charge is -2.29. The smallest absolute Gasteiger partial charge is 0.305 e. The number of carboxylic acid groups (broad SMARTS) is 1. The second kappa shape index (κ2) is 8.51. The fourth-order valence-electron chi connectivity index (χ4n) is 3.00. The van der Waals surface area contributed by atoms with Crippen LogP contribution in [0.4, 0.5) is 10.1 Å². The zero-order chi connectivity index (χ0) is 20.1. The van der Waals surface area contributed by atoms with Gasteiger partial charge in [-0.25, -0.2) is 4.39 Å². The van der Waals surface area contributed by atoms with Crippen LogP contribution in [0.1, 0.15) is 24.4 Å². The van der Waals surface area contributed by atoms with Gasteiger partial charge in [0, 0.05) is 13.0 Å². The van der Waals surface area contributed by atoms with E-state index in [1.165, 1.54) is 29.2 Å². The molecule has 0 bridgehead atoms. The zero-order valence-corrected chi connectivity index (χ0v) is 14.9. The first-order chi connectivity index (χ1) is 13.4. The van der Waals surface area contributed by atoms with Gasteiger partial charge < -0.3 is 20.1 Å². The van der Waals surface area contributed by atoms with E-state index in [1.54, 1.807) is 24.3 Å². The number of anilines is 1. The van der Waals surface area contributed by atoms with Gasteiger partial charge in [0.25, 0.3) is 5.91 Å². The highest BCUT2D eigenvalue weighted by Gasteiger charge is 2.26. The minimum absolute atomic E-state index is 0.0165. The van der Waals surface area contributed by atoms with Crippen LogP contribution in [0.5, 0.6) is 5.75 Å². The van der Waals surface area contributed by atoms with Gasteiger partial charge in [-0.3, -0.25) is 14.4 Å². The van der Waals surface area contributed by atoms with Gasteiger partial charge in [0.1, 0.15) is 11.6 Å². The number of rotatable bonds is 7. The van der Waals surface area contributed by atoms with Crippen molar-refractivity contribution in [3.05, 3.63) is 59.9 Å². The van der Waals surface area contributed by atoms with Gasteiger partial charge >= 0.3 is 5.97 Å². The molecule has 1 aliphatic heterocycles. The average Bonchev–Trinajstić information content (AvgIpc) is 2.67. The Balaban J connectivity index is 1.66. The zero-order valence-electron chi connectivity index (χ0n) is 14.9. The molecule has 1 heterocycles. The van der Waals surface area contributed by atoms with Crippen molar-refractivity contribution in [2.45, 2.75) is 18.9 Å². The lowest BCUT2D eigenvalue weighted by Crippen LogP contribution is -2.41. The number of nitrogens with one attached hydrogen (secondary N) is 1. The molecule has 0 radical (unpaired) electrons. The maximum absolute atomic E-state index is 13.1. The molecule has 0 spiro atoms. The molecular formula is C20H19FN2O5. The van der Waals surface area contributed by atoms with Crippen molar-refractivity contribution < 1.29 is 28.6 Å². The van der Waals surface area contributed by atoms with E-state index in [4.69, 9.17) is 9.84 Å². The second-order valence-electron chi connectivity index (χ2n) is 6.32. The Morgan fingerprint density at radius 2 is 1.89 bits per heavy atom. The fourth-order valence-corrected chi connectivity index (χ4v) is 3.00. The van der Waals surface area contributed by atoms with Crippen LogP contribution in [0.3, 0.4) is 0 Å². The van der Waals surface area contributed by atoms with E-state index >= 15 is 0 Å². The molecule has 1 aliphatic rings. The second-order valence-corrected chi connectivity index (χ2v) is 6.32. The van der Waals surface area contributed by atoms with Crippen molar-refractivity contribution in [1.29, 1.82) is 0 Å². The molecule has 1 atom stereocenters. The first-order valence-electron chi connectivity index (χ1n) is 8.73. The number of ether oxygens (including phenoxy) is 1. The number of benzene rings is 2. The van der Waals surface area contributed by atoms with Crippen molar-refractivity contribution in [2.75, 3.05) is 18.1 Å². The number of carbonyl (C=O) groups is 3. The lowest BCUT2D eigenvalue weighted by molar-refractivity contribution is -0.137. The molecule has 2 amide bonds. The number of carbonyl (C=O) groups excluding carboxylic acids is 2. The van der Waals surface area contributed by atoms with E-state index < -0.39 is 23.7 Å². The molecule has 2 aromatic carbocycles. The molecule has 0 saturated heterocycles. The molecule has 2 aromatic rings. The molecule has 3 rings (SSSR count). The monoisotopic (exact) mass is 386 g/mol. The summed E-state index contributed by atoms with van der Waals surface area (Å²) in [4.78, 5) is 37.1. The van der Waals surface area contributed by atoms with E-state index in [0.717, 1.165) is 0 Å². The Morgan fingerprint density at radius 3 is 2.61 bits per heavy atom. The van der Waals surface area contributed by atoms with Crippen LogP contribution in [-0.4, -0.2) is 36.0 Å². The number of amides is 2. The van der Waals surface area contributed by atoms with Gasteiger partial charge in [-0.05, 0) is 29.8 Å². The van der Waals surface area contributed by atoms with Gasteiger partial charge in [-0.2, -0.15) is 0 Å². The summed E-state index contributed by atoms with van der Waals surface area (Å²) in [6, 6.07) is 11.5. The molecule has 8 heteroatoms. The molecule has 28 heavy (non-hydrogen) atoms. The quantitative estimate of drug-likeness (QED) is 0.761. The third kappa shape index (κ3) is 4.64. The van der Waals surface area contributed by atoms with Crippen LogP contribution in [0, 0.1) is 5.82 Å². The van der Waals surface area contributed by atoms with Gasteiger partial charge in [-0.15, -0.1) is 0 Å². The standard InChI is InChI=1S/C20H19FN2O5/c21-14-7-5-13(6-8-14)15(11-20(26)27)22-18(24)9-10-23-16-3-1-2-4-17(16)28-12-19(23)25/h1-8,15H,9-12H2,(H,22,24)(H,26,27). The van der Waals surface area contributed by atoms with Crippen molar-refractivity contribution in [1.82, 2.24) is 5.32 Å². The predicted molar refractivity (Wildman–Crippen MR) is 98.4 cm³/mol. The highest BCUT2D eigenvalue weighted by molar-refractivity contribution is 5.98. The van der Waals surface area contributed by atoms with Gasteiger partial charge in [0.2, 0.25) is 5.91 Å². The van der Waals surface area contributed by atoms with E-state index in [-0.39, 0.29) is 31.9 Å². The molecule has 0 saturated carbocycles. The molecule has 146 valence electrons. The number of hydrogen-bond acceptors (Lipinski definition) is 4. The van der Waals surface area contributed by atoms with Crippen LogP contribution in [0.2, 0.25) is 0 Å². The Kier molecular flexibility index (Phi) is 5.88. The number of nitrogens with zero attached hydrogens (tertiary/aromatic N) is 1. The van der Waals surface area contributed by atoms with E-state index in [2.05, 4.69) is 5.32 Å². The van der Waals surface area contributed by atoms with Crippen molar-refractivity contribution in [2.24, 2.45) is 0 Å². The third-order valence-corrected chi connectivity index (χ3v) is 4.36. The molecule has 0 aromatic heterocycles. The summed E-state index contributed by atoms with van der Waals surface area (Å²) in [5.74, 6) is -1.64. The molecule has 2 N–H and O–H groups in total. The van der Waals surface area contributed by atoms with Crippen LogP contribution in [0.15, 0.2) is 48.5 Å². The summed E-state index contributed by atoms with van der Waals surface area (Å²) in [5.41, 5.74) is 1.08. The topological polar surface area (TPSA) is 95.9 Å². The number of para-hydroxylation sites is 2.